The van der Waals surface area contributed by atoms with E-state index < -0.39 is 21.8 Å². The predicted octanol–water partition coefficient (Wildman–Crippen LogP) is 4.93. The van der Waals surface area contributed by atoms with Crippen LogP contribution in [0.2, 0.25) is 0 Å². The summed E-state index contributed by atoms with van der Waals surface area (Å²) in [6.45, 7) is 1.91. The molecule has 0 rings (SSSR count). The molecule has 0 amide bonds. The fourth-order valence-electron chi connectivity index (χ4n) is 2.62. The lowest BCUT2D eigenvalue weighted by Gasteiger charge is -2.07. The fourth-order valence-corrected chi connectivity index (χ4v) is 2.90. The maximum absolute atomic E-state index is 11.3. The highest BCUT2D eigenvalue weighted by molar-refractivity contribution is 7.85. The van der Waals surface area contributed by atoms with Crippen molar-refractivity contribution in [1.82, 2.24) is 6.15 Å². The molecule has 0 spiro atoms. The normalized spacial score (nSPS) is 11.1. The highest BCUT2D eigenvalue weighted by Gasteiger charge is 2.04. The zero-order valence-electron chi connectivity index (χ0n) is 16.3. The van der Waals surface area contributed by atoms with Gasteiger partial charge in [0.2, 0.25) is 0 Å². The van der Waals surface area contributed by atoms with Gasteiger partial charge in [0.1, 0.15) is 6.61 Å². The summed E-state index contributed by atoms with van der Waals surface area (Å²) in [7, 11) is -4.30. The van der Waals surface area contributed by atoms with Gasteiger partial charge in [-0.05, 0) is 6.42 Å². The van der Waals surface area contributed by atoms with Crippen LogP contribution in [0.3, 0.4) is 0 Å². The van der Waals surface area contributed by atoms with E-state index in [9.17, 15) is 17.8 Å². The molecule has 0 saturated carbocycles. The third-order valence-corrected chi connectivity index (χ3v) is 4.75. The van der Waals surface area contributed by atoms with Crippen LogP contribution in [0.4, 0.5) is 0 Å². The molecular formula is C18H39NO5S. The minimum atomic E-state index is -4.30. The third-order valence-electron chi connectivity index (χ3n) is 4.08. The van der Waals surface area contributed by atoms with Crippen LogP contribution in [0.15, 0.2) is 0 Å². The van der Waals surface area contributed by atoms with Crippen molar-refractivity contribution < 1.29 is 22.5 Å². The molecule has 0 aromatic rings. The molecular weight excluding hydrogens is 342 g/mol. The van der Waals surface area contributed by atoms with Gasteiger partial charge in [-0.15, -0.1) is 0 Å². The standard InChI is InChI=1S/C18H36O5S.H3N/c1-2-3-4-5-6-7-8-9-10-11-12-13-14-15-18(19)23-16-17-24(20,21)22;/h2-17H2,1H3,(H,20,21,22);1H3. The van der Waals surface area contributed by atoms with Crippen molar-refractivity contribution in [3.8, 4) is 0 Å². The van der Waals surface area contributed by atoms with Crippen molar-refractivity contribution in [3.63, 3.8) is 0 Å². The van der Waals surface area contributed by atoms with Crippen LogP contribution in [-0.4, -0.2) is 31.3 Å². The molecule has 0 fully saturated rings. The minimum absolute atomic E-state index is 0. The molecule has 0 unspecified atom stereocenters. The molecule has 0 aliphatic carbocycles. The van der Waals surface area contributed by atoms with Gasteiger partial charge in [0.25, 0.3) is 0 Å². The molecule has 6 nitrogen and oxygen atoms in total. The van der Waals surface area contributed by atoms with E-state index in [1.165, 1.54) is 64.2 Å². The summed E-state index contributed by atoms with van der Waals surface area (Å²) >= 11 is 0. The Labute approximate surface area is 154 Å². The van der Waals surface area contributed by atoms with Gasteiger partial charge in [0.05, 0.1) is 15.9 Å². The average Bonchev–Trinajstić information content (AvgIpc) is 2.50. The topological polar surface area (TPSA) is 120 Å². The van der Waals surface area contributed by atoms with Crippen molar-refractivity contribution in [2.24, 2.45) is 0 Å². The van der Waals surface area contributed by atoms with Gasteiger partial charge in [-0.2, -0.15) is 0 Å². The molecule has 0 aliphatic rings. The Morgan fingerprint density at radius 3 is 1.60 bits per heavy atom. The lowest BCUT2D eigenvalue weighted by Crippen LogP contribution is -2.14. The minimum Gasteiger partial charge on any atom is -0.748 e. The number of carbonyl (C=O) groups excluding carboxylic acids is 1. The van der Waals surface area contributed by atoms with Crippen LogP contribution < -0.4 is 6.15 Å². The summed E-state index contributed by atoms with van der Waals surface area (Å²) < 4.78 is 35.8. The maximum atomic E-state index is 11.3. The van der Waals surface area contributed by atoms with Crippen LogP contribution in [0, 0.1) is 0 Å². The van der Waals surface area contributed by atoms with E-state index in [0.717, 1.165) is 19.3 Å². The van der Waals surface area contributed by atoms with Crippen molar-refractivity contribution in [3.05, 3.63) is 0 Å². The first-order chi connectivity index (χ1) is 11.5. The Bertz CT molecular complexity index is 398. The zero-order valence-corrected chi connectivity index (χ0v) is 17.1. The molecule has 0 atom stereocenters. The molecule has 152 valence electrons. The van der Waals surface area contributed by atoms with Crippen molar-refractivity contribution in [2.75, 3.05) is 12.4 Å². The largest absolute Gasteiger partial charge is 0.748 e. The van der Waals surface area contributed by atoms with Crippen molar-refractivity contribution in [1.29, 1.82) is 0 Å². The first-order valence-electron chi connectivity index (χ1n) is 9.55. The number of quaternary nitrogens is 1. The number of ether oxygens (including phenoxy) is 1. The van der Waals surface area contributed by atoms with E-state index in [1.807, 2.05) is 0 Å². The number of rotatable bonds is 17. The summed E-state index contributed by atoms with van der Waals surface area (Å²) in [5.41, 5.74) is 0. The molecule has 0 saturated heterocycles. The van der Waals surface area contributed by atoms with Gasteiger partial charge in [-0.25, -0.2) is 8.42 Å². The van der Waals surface area contributed by atoms with E-state index >= 15 is 0 Å². The van der Waals surface area contributed by atoms with Crippen LogP contribution in [0.25, 0.3) is 0 Å². The van der Waals surface area contributed by atoms with Gasteiger partial charge in [-0.3, -0.25) is 4.79 Å². The Morgan fingerprint density at radius 1 is 0.800 bits per heavy atom. The second-order valence-electron chi connectivity index (χ2n) is 6.47. The molecule has 0 radical (unpaired) electrons. The molecule has 0 aliphatic heterocycles. The second-order valence-corrected chi connectivity index (χ2v) is 8.00. The SMILES string of the molecule is CCCCCCCCCCCCCCCC(=O)OCCS(=O)(=O)[O-].[NH4+]. The van der Waals surface area contributed by atoms with Gasteiger partial charge in [0, 0.05) is 6.42 Å². The zero-order chi connectivity index (χ0) is 18.1. The van der Waals surface area contributed by atoms with Gasteiger partial charge in [-0.1, -0.05) is 84.0 Å². The second kappa shape index (κ2) is 18.1. The smallest absolute Gasteiger partial charge is 0.305 e. The highest BCUT2D eigenvalue weighted by atomic mass is 32.2. The number of unbranched alkanes of at least 4 members (excludes halogenated alkanes) is 12. The number of carbonyl (C=O) groups is 1. The van der Waals surface area contributed by atoms with Gasteiger partial charge < -0.3 is 15.4 Å². The van der Waals surface area contributed by atoms with Crippen molar-refractivity contribution in [2.45, 2.75) is 96.8 Å². The quantitative estimate of drug-likeness (QED) is 0.217. The molecule has 0 bridgehead atoms. The average molecular weight is 382 g/mol. The van der Waals surface area contributed by atoms with Crippen LogP contribution in [-0.2, 0) is 19.6 Å². The first-order valence-corrected chi connectivity index (χ1v) is 11.1. The molecule has 0 aromatic heterocycles. The number of esters is 1. The van der Waals surface area contributed by atoms with Crippen LogP contribution in [0.5, 0.6) is 0 Å². The highest BCUT2D eigenvalue weighted by Crippen LogP contribution is 2.13. The molecule has 0 aromatic carbocycles. The summed E-state index contributed by atoms with van der Waals surface area (Å²) in [5, 5.41) is 0. The summed E-state index contributed by atoms with van der Waals surface area (Å²) in [5.74, 6) is -1.06. The summed E-state index contributed by atoms with van der Waals surface area (Å²) in [6.07, 6.45) is 16.5. The predicted molar refractivity (Wildman–Crippen MR) is 102 cm³/mol. The monoisotopic (exact) mass is 381 g/mol. The lowest BCUT2D eigenvalue weighted by molar-refractivity contribution is -0.143. The fraction of sp³-hybridized carbons (Fsp3) is 0.944. The molecule has 7 heteroatoms. The van der Waals surface area contributed by atoms with Gasteiger partial charge in [0.15, 0.2) is 0 Å². The Hall–Kier alpha value is -0.660. The van der Waals surface area contributed by atoms with Crippen molar-refractivity contribution >= 4 is 16.1 Å². The van der Waals surface area contributed by atoms with E-state index in [-0.39, 0.29) is 12.8 Å². The summed E-state index contributed by atoms with van der Waals surface area (Å²) in [4.78, 5) is 11.3. The number of hydrogen-bond donors (Lipinski definition) is 1. The maximum Gasteiger partial charge on any atom is 0.305 e. The Balaban J connectivity index is 0. The Morgan fingerprint density at radius 2 is 1.20 bits per heavy atom. The van der Waals surface area contributed by atoms with Crippen LogP contribution >= 0.6 is 0 Å². The van der Waals surface area contributed by atoms with Crippen LogP contribution in [0.1, 0.15) is 96.8 Å². The molecule has 0 heterocycles. The third kappa shape index (κ3) is 23.3. The molecule has 25 heavy (non-hydrogen) atoms. The Kier molecular flexibility index (Phi) is 19.3. The van der Waals surface area contributed by atoms with E-state index in [2.05, 4.69) is 6.92 Å². The first kappa shape index (κ1) is 26.6. The number of hydrogen-bond acceptors (Lipinski definition) is 5. The van der Waals surface area contributed by atoms with E-state index in [0.29, 0.717) is 6.42 Å². The van der Waals surface area contributed by atoms with E-state index in [4.69, 9.17) is 4.74 Å². The summed E-state index contributed by atoms with van der Waals surface area (Å²) in [6, 6.07) is 0. The molecule has 4 N–H and O–H groups in total. The van der Waals surface area contributed by atoms with E-state index in [1.54, 1.807) is 0 Å². The lowest BCUT2D eigenvalue weighted by atomic mass is 10.0. The van der Waals surface area contributed by atoms with Gasteiger partial charge >= 0.3 is 5.97 Å².